The van der Waals surface area contributed by atoms with E-state index >= 15 is 0 Å². The van der Waals surface area contributed by atoms with E-state index in [4.69, 9.17) is 4.74 Å². The highest BCUT2D eigenvalue weighted by molar-refractivity contribution is 5.89. The Bertz CT molecular complexity index is 393. The molecule has 0 N–H and O–H groups in total. The molecule has 2 saturated heterocycles. The molecule has 2 aliphatic heterocycles. The van der Waals surface area contributed by atoms with Crippen LogP contribution in [0, 0.1) is 0 Å². The summed E-state index contributed by atoms with van der Waals surface area (Å²) in [5, 5.41) is 0. The van der Waals surface area contributed by atoms with Crippen LogP contribution in [0.1, 0.15) is 25.7 Å². The molecule has 2 aliphatic rings. The zero-order valence-corrected chi connectivity index (χ0v) is 10.7. The van der Waals surface area contributed by atoms with E-state index in [2.05, 4.69) is 0 Å². The van der Waals surface area contributed by atoms with E-state index in [0.29, 0.717) is 17.6 Å². The van der Waals surface area contributed by atoms with Crippen molar-refractivity contribution in [3.63, 3.8) is 0 Å². The van der Waals surface area contributed by atoms with Crippen molar-refractivity contribution < 1.29 is 31.9 Å². The van der Waals surface area contributed by atoms with Gasteiger partial charge in [0.05, 0.1) is 12.6 Å². The van der Waals surface area contributed by atoms with Crippen LogP contribution in [0.3, 0.4) is 0 Å². The van der Waals surface area contributed by atoms with Gasteiger partial charge in [-0.05, 0) is 19.3 Å². The summed E-state index contributed by atoms with van der Waals surface area (Å²) < 4.78 is 57.9. The minimum atomic E-state index is -4.88. The van der Waals surface area contributed by atoms with Crippen LogP contribution < -0.4 is 0 Å². The molecule has 0 spiro atoms. The van der Waals surface area contributed by atoms with Gasteiger partial charge < -0.3 is 14.4 Å². The minimum Gasteiger partial charge on any atom is -0.357 e. The van der Waals surface area contributed by atoms with Gasteiger partial charge in [0.1, 0.15) is 12.5 Å². The maximum atomic E-state index is 13.3. The second-order valence-electron chi connectivity index (χ2n) is 5.12. The van der Waals surface area contributed by atoms with Crippen molar-refractivity contribution in [2.45, 2.75) is 49.7 Å². The van der Waals surface area contributed by atoms with Crippen molar-refractivity contribution in [3.05, 3.63) is 0 Å². The molecule has 3 atom stereocenters. The van der Waals surface area contributed by atoms with E-state index in [1.165, 1.54) is 0 Å². The zero-order valence-electron chi connectivity index (χ0n) is 10.7. The smallest absolute Gasteiger partial charge is 0.357 e. The van der Waals surface area contributed by atoms with Crippen molar-refractivity contribution in [2.75, 3.05) is 13.2 Å². The molecule has 2 rings (SSSR count). The Morgan fingerprint density at radius 3 is 2.55 bits per heavy atom. The molecule has 114 valence electrons. The van der Waals surface area contributed by atoms with Crippen LogP contribution in [0.4, 0.5) is 17.6 Å². The summed E-state index contributed by atoms with van der Waals surface area (Å²) in [4.78, 5) is 23.7. The number of hydrogen-bond donors (Lipinski definition) is 0. The largest absolute Gasteiger partial charge is 0.426 e. The molecule has 8 heteroatoms. The molecule has 0 aromatic rings. The molecule has 1 unspecified atom stereocenters. The number of amides is 1. The molecule has 0 aromatic carbocycles. The second-order valence-corrected chi connectivity index (χ2v) is 5.12. The lowest BCUT2D eigenvalue weighted by atomic mass is 9.91. The highest BCUT2D eigenvalue weighted by Crippen LogP contribution is 2.42. The fourth-order valence-electron chi connectivity index (χ4n) is 2.72. The minimum absolute atomic E-state index is 0.177. The molecule has 20 heavy (non-hydrogen) atoms. The molecule has 0 saturated carbocycles. The summed E-state index contributed by atoms with van der Waals surface area (Å²) in [6, 6.07) is -1.15. The first-order valence-corrected chi connectivity index (χ1v) is 6.43. The average Bonchev–Trinajstić information content (AvgIpc) is 2.78. The van der Waals surface area contributed by atoms with Gasteiger partial charge in [0.15, 0.2) is 0 Å². The van der Waals surface area contributed by atoms with Crippen molar-refractivity contribution in [1.29, 1.82) is 0 Å². The van der Waals surface area contributed by atoms with Crippen LogP contribution in [-0.2, 0) is 14.3 Å². The first-order valence-electron chi connectivity index (χ1n) is 6.43. The maximum Gasteiger partial charge on any atom is 0.426 e. The van der Waals surface area contributed by atoms with Crippen LogP contribution >= 0.6 is 0 Å². The predicted molar refractivity (Wildman–Crippen MR) is 59.7 cm³/mol. The SMILES string of the molecule is O=C[C@@H]1C[C@@H](F)CN1C(=O)C1(C(F)(F)F)CCCCO1. The van der Waals surface area contributed by atoms with Gasteiger partial charge in [0.2, 0.25) is 5.60 Å². The Labute approximate surface area is 113 Å². The lowest BCUT2D eigenvalue weighted by Gasteiger charge is -2.40. The van der Waals surface area contributed by atoms with Crippen molar-refractivity contribution in [1.82, 2.24) is 4.90 Å². The van der Waals surface area contributed by atoms with Crippen molar-refractivity contribution in [3.8, 4) is 0 Å². The number of carbonyl (C=O) groups is 2. The molecule has 4 nitrogen and oxygen atoms in total. The van der Waals surface area contributed by atoms with Crippen molar-refractivity contribution >= 4 is 12.2 Å². The van der Waals surface area contributed by atoms with Gasteiger partial charge >= 0.3 is 6.18 Å². The summed E-state index contributed by atoms with van der Waals surface area (Å²) in [5.74, 6) is -1.35. The lowest BCUT2D eigenvalue weighted by molar-refractivity contribution is -0.281. The van der Waals surface area contributed by atoms with Gasteiger partial charge in [-0.3, -0.25) is 4.79 Å². The number of nitrogens with zero attached hydrogens (tertiary/aromatic N) is 1. The third-order valence-corrected chi connectivity index (χ3v) is 3.79. The Morgan fingerprint density at radius 1 is 1.35 bits per heavy atom. The quantitative estimate of drug-likeness (QED) is 0.575. The number of hydrogen-bond acceptors (Lipinski definition) is 3. The van der Waals surface area contributed by atoms with Gasteiger partial charge in [-0.2, -0.15) is 13.2 Å². The lowest BCUT2D eigenvalue weighted by Crippen LogP contribution is -2.62. The van der Waals surface area contributed by atoms with Crippen LogP contribution in [0.25, 0.3) is 0 Å². The third-order valence-electron chi connectivity index (χ3n) is 3.79. The topological polar surface area (TPSA) is 46.6 Å². The number of carbonyl (C=O) groups excluding carboxylic acids is 2. The first-order chi connectivity index (χ1) is 9.32. The third kappa shape index (κ3) is 2.41. The average molecular weight is 297 g/mol. The van der Waals surface area contributed by atoms with E-state index in [1.54, 1.807) is 0 Å². The van der Waals surface area contributed by atoms with E-state index in [1.807, 2.05) is 0 Å². The van der Waals surface area contributed by atoms with Gasteiger partial charge in [-0.15, -0.1) is 0 Å². The van der Waals surface area contributed by atoms with Gasteiger partial charge in [0, 0.05) is 13.0 Å². The standard InChI is InChI=1S/C12H15F4NO3/c13-8-5-9(7-18)17(6-8)10(19)11(12(14,15)16)3-1-2-4-20-11/h7-9H,1-6H2/t8-,9+,11?/m1/s1. The molecule has 2 fully saturated rings. The first kappa shape index (κ1) is 15.2. The van der Waals surface area contributed by atoms with Gasteiger partial charge in [-0.25, -0.2) is 4.39 Å². The van der Waals surface area contributed by atoms with E-state index < -0.39 is 42.9 Å². The van der Waals surface area contributed by atoms with E-state index in [0.717, 1.165) is 0 Å². The number of halogens is 4. The molecule has 0 radical (unpaired) electrons. The van der Waals surface area contributed by atoms with Gasteiger partial charge in [-0.1, -0.05) is 0 Å². The number of likely N-dealkylation sites (tertiary alicyclic amines) is 1. The highest BCUT2D eigenvalue weighted by Gasteiger charge is 2.64. The second kappa shape index (κ2) is 5.31. The van der Waals surface area contributed by atoms with Gasteiger partial charge in [0.25, 0.3) is 5.91 Å². The summed E-state index contributed by atoms with van der Waals surface area (Å²) >= 11 is 0. The molecule has 2 heterocycles. The maximum absolute atomic E-state index is 13.3. The van der Waals surface area contributed by atoms with Crippen LogP contribution in [-0.4, -0.2) is 54.2 Å². The van der Waals surface area contributed by atoms with Crippen LogP contribution in [0.5, 0.6) is 0 Å². The van der Waals surface area contributed by atoms with E-state index in [-0.39, 0.29) is 19.4 Å². The zero-order chi connectivity index (χ0) is 15.0. The van der Waals surface area contributed by atoms with E-state index in [9.17, 15) is 27.2 Å². The molecule has 1 amide bonds. The van der Waals surface area contributed by atoms with Crippen LogP contribution in [0.15, 0.2) is 0 Å². The Kier molecular flexibility index (Phi) is 4.04. The Hall–Kier alpha value is -1.18. The fourth-order valence-corrected chi connectivity index (χ4v) is 2.72. The summed E-state index contributed by atoms with van der Waals surface area (Å²) in [5.41, 5.74) is -2.93. The van der Waals surface area contributed by atoms with Crippen LogP contribution in [0.2, 0.25) is 0 Å². The van der Waals surface area contributed by atoms with Crippen molar-refractivity contribution in [2.24, 2.45) is 0 Å². The predicted octanol–water partition coefficient (Wildman–Crippen LogP) is 1.63. The Morgan fingerprint density at radius 2 is 2.05 bits per heavy atom. The summed E-state index contributed by atoms with van der Waals surface area (Å²) in [6.45, 7) is -0.673. The normalized spacial score (nSPS) is 35.1. The number of alkyl halides is 4. The monoisotopic (exact) mass is 297 g/mol. The fraction of sp³-hybridized carbons (Fsp3) is 0.833. The summed E-state index contributed by atoms with van der Waals surface area (Å²) in [7, 11) is 0. The highest BCUT2D eigenvalue weighted by atomic mass is 19.4. The molecular formula is C12H15F4NO3. The molecule has 0 aliphatic carbocycles. The number of aldehydes is 1. The number of rotatable bonds is 2. The molecular weight excluding hydrogens is 282 g/mol. The Balaban J connectivity index is 2.29. The summed E-state index contributed by atoms with van der Waals surface area (Å²) in [6.07, 6.45) is -6.17. The number of ether oxygens (including phenoxy) is 1. The molecule has 0 aromatic heterocycles. The molecule has 0 bridgehead atoms.